The lowest BCUT2D eigenvalue weighted by atomic mass is 9.79. The zero-order chi connectivity index (χ0) is 16.2. The number of morpholine rings is 1. The molecule has 128 valence electrons. The second-order valence-corrected chi connectivity index (χ2v) is 7.95. The van der Waals surface area contributed by atoms with E-state index in [0.29, 0.717) is 0 Å². The van der Waals surface area contributed by atoms with Crippen LogP contribution in [0.4, 0.5) is 0 Å². The molecule has 2 rings (SSSR count). The molecule has 1 saturated heterocycles. The highest BCUT2D eigenvalue weighted by molar-refractivity contribution is 5.82. The van der Waals surface area contributed by atoms with Crippen LogP contribution in [0.2, 0.25) is 0 Å². The van der Waals surface area contributed by atoms with E-state index in [2.05, 4.69) is 10.2 Å². The van der Waals surface area contributed by atoms with Crippen molar-refractivity contribution in [1.29, 1.82) is 0 Å². The third kappa shape index (κ3) is 4.21. The average Bonchev–Trinajstić information content (AvgIpc) is 2.53. The third-order valence-electron chi connectivity index (χ3n) is 5.27. The summed E-state index contributed by atoms with van der Waals surface area (Å²) in [4.78, 5) is 14.9. The first-order valence-electron chi connectivity index (χ1n) is 8.71. The zero-order valence-electron chi connectivity index (χ0n) is 14.5. The van der Waals surface area contributed by atoms with Crippen molar-refractivity contribution in [3.63, 3.8) is 0 Å². The summed E-state index contributed by atoms with van der Waals surface area (Å²) in [6, 6.07) is -0.460. The summed E-state index contributed by atoms with van der Waals surface area (Å²) in [5.74, 6) is -0.0225. The first kappa shape index (κ1) is 17.7. The van der Waals surface area contributed by atoms with Crippen LogP contribution in [0.15, 0.2) is 0 Å². The van der Waals surface area contributed by atoms with Gasteiger partial charge >= 0.3 is 0 Å². The van der Waals surface area contributed by atoms with Crippen LogP contribution in [-0.4, -0.2) is 55.2 Å². The number of hydrogen-bond acceptors (Lipinski definition) is 4. The minimum absolute atomic E-state index is 0.0225. The van der Waals surface area contributed by atoms with Crippen LogP contribution in [-0.2, 0) is 9.53 Å². The molecule has 0 unspecified atom stereocenters. The van der Waals surface area contributed by atoms with E-state index in [-0.39, 0.29) is 16.9 Å². The van der Waals surface area contributed by atoms with Gasteiger partial charge in [-0.05, 0) is 18.3 Å². The van der Waals surface area contributed by atoms with E-state index in [1.807, 2.05) is 20.8 Å². The van der Waals surface area contributed by atoms with Gasteiger partial charge in [0.25, 0.3) is 0 Å². The normalized spacial score (nSPS) is 24.7. The molecule has 1 aliphatic heterocycles. The van der Waals surface area contributed by atoms with Crippen LogP contribution in [0, 0.1) is 5.41 Å². The molecule has 2 aliphatic rings. The molecule has 1 atom stereocenters. The number of carbonyl (C=O) groups excluding carboxylic acids is 1. The Bertz CT molecular complexity index is 367. The van der Waals surface area contributed by atoms with Crippen LogP contribution >= 0.6 is 0 Å². The van der Waals surface area contributed by atoms with Gasteiger partial charge in [0.2, 0.25) is 5.91 Å². The van der Waals surface area contributed by atoms with Gasteiger partial charge in [-0.25, -0.2) is 0 Å². The second-order valence-electron chi connectivity index (χ2n) is 7.95. The Labute approximate surface area is 134 Å². The van der Waals surface area contributed by atoms with Gasteiger partial charge < -0.3 is 15.8 Å². The fraction of sp³-hybridized carbons (Fsp3) is 0.941. The van der Waals surface area contributed by atoms with Crippen molar-refractivity contribution in [2.24, 2.45) is 11.1 Å². The first-order chi connectivity index (χ1) is 10.4. The molecular weight excluding hydrogens is 278 g/mol. The lowest BCUT2D eigenvalue weighted by molar-refractivity contribution is -0.125. The lowest BCUT2D eigenvalue weighted by Crippen LogP contribution is -2.61. The van der Waals surface area contributed by atoms with E-state index in [1.54, 1.807) is 0 Å². The summed E-state index contributed by atoms with van der Waals surface area (Å²) < 4.78 is 5.50. The monoisotopic (exact) mass is 311 g/mol. The summed E-state index contributed by atoms with van der Waals surface area (Å²) in [7, 11) is 0. The number of ether oxygens (including phenoxy) is 1. The molecule has 1 heterocycles. The van der Waals surface area contributed by atoms with Gasteiger partial charge in [-0.15, -0.1) is 0 Å². The van der Waals surface area contributed by atoms with Crippen molar-refractivity contribution >= 4 is 5.91 Å². The zero-order valence-corrected chi connectivity index (χ0v) is 14.5. The highest BCUT2D eigenvalue weighted by Crippen LogP contribution is 2.34. The number of amides is 1. The SMILES string of the molecule is CC(C)(C)[C@H](N)C(=O)NCC1(N2CCOCC2)CCCCC1. The fourth-order valence-electron chi connectivity index (χ4n) is 3.61. The van der Waals surface area contributed by atoms with Crippen LogP contribution in [0.25, 0.3) is 0 Å². The Hall–Kier alpha value is -0.650. The Balaban J connectivity index is 1.99. The van der Waals surface area contributed by atoms with Gasteiger partial charge in [-0.2, -0.15) is 0 Å². The Morgan fingerprint density at radius 3 is 2.36 bits per heavy atom. The molecule has 1 aliphatic carbocycles. The summed E-state index contributed by atoms with van der Waals surface area (Å²) in [5, 5.41) is 3.15. The van der Waals surface area contributed by atoms with Gasteiger partial charge in [0.15, 0.2) is 0 Å². The fourth-order valence-corrected chi connectivity index (χ4v) is 3.61. The third-order valence-corrected chi connectivity index (χ3v) is 5.27. The molecule has 2 fully saturated rings. The van der Waals surface area contributed by atoms with Crippen molar-refractivity contribution in [3.05, 3.63) is 0 Å². The van der Waals surface area contributed by atoms with Gasteiger partial charge in [0, 0.05) is 25.2 Å². The molecule has 0 aromatic carbocycles. The summed E-state index contributed by atoms with van der Waals surface area (Å²) in [6.45, 7) is 10.3. The van der Waals surface area contributed by atoms with Crippen molar-refractivity contribution < 1.29 is 9.53 Å². The molecule has 0 spiro atoms. The van der Waals surface area contributed by atoms with Gasteiger partial charge in [0.1, 0.15) is 0 Å². The number of hydrogen-bond donors (Lipinski definition) is 2. The van der Waals surface area contributed by atoms with Crippen molar-refractivity contribution in [1.82, 2.24) is 10.2 Å². The molecular formula is C17H33N3O2. The quantitative estimate of drug-likeness (QED) is 0.826. The second kappa shape index (κ2) is 7.28. The van der Waals surface area contributed by atoms with Gasteiger partial charge in [0.05, 0.1) is 19.3 Å². The number of carbonyl (C=O) groups is 1. The first-order valence-corrected chi connectivity index (χ1v) is 8.71. The maximum Gasteiger partial charge on any atom is 0.237 e. The minimum Gasteiger partial charge on any atom is -0.379 e. The van der Waals surface area contributed by atoms with Crippen LogP contribution < -0.4 is 11.1 Å². The van der Waals surface area contributed by atoms with Crippen molar-refractivity contribution in [2.45, 2.75) is 64.5 Å². The van der Waals surface area contributed by atoms with Gasteiger partial charge in [-0.3, -0.25) is 9.69 Å². The number of nitrogens with zero attached hydrogens (tertiary/aromatic N) is 1. The average molecular weight is 311 g/mol. The van der Waals surface area contributed by atoms with Gasteiger partial charge in [-0.1, -0.05) is 40.0 Å². The minimum atomic E-state index is -0.460. The summed E-state index contributed by atoms with van der Waals surface area (Å²) in [5.41, 5.74) is 5.99. The van der Waals surface area contributed by atoms with E-state index in [9.17, 15) is 4.79 Å². The highest BCUT2D eigenvalue weighted by Gasteiger charge is 2.39. The molecule has 0 bridgehead atoms. The Morgan fingerprint density at radius 2 is 1.82 bits per heavy atom. The van der Waals surface area contributed by atoms with E-state index in [1.165, 1.54) is 19.3 Å². The maximum absolute atomic E-state index is 12.4. The molecule has 5 heteroatoms. The molecule has 1 amide bonds. The topological polar surface area (TPSA) is 67.6 Å². The summed E-state index contributed by atoms with van der Waals surface area (Å²) in [6.07, 6.45) is 6.13. The Kier molecular flexibility index (Phi) is 5.86. The standard InChI is InChI=1S/C17H33N3O2/c1-16(2,3)14(18)15(21)19-13-17(7-5-4-6-8-17)20-9-11-22-12-10-20/h14H,4-13,18H2,1-3H3,(H,19,21)/t14-/m1/s1. The van der Waals surface area contributed by atoms with Crippen molar-refractivity contribution in [3.8, 4) is 0 Å². The molecule has 3 N–H and O–H groups in total. The predicted octanol–water partition coefficient (Wildman–Crippen LogP) is 1.51. The number of rotatable bonds is 4. The van der Waals surface area contributed by atoms with E-state index >= 15 is 0 Å². The smallest absolute Gasteiger partial charge is 0.237 e. The van der Waals surface area contributed by atoms with Crippen LogP contribution in [0.5, 0.6) is 0 Å². The number of nitrogens with one attached hydrogen (secondary N) is 1. The van der Waals surface area contributed by atoms with Crippen LogP contribution in [0.3, 0.4) is 0 Å². The maximum atomic E-state index is 12.4. The molecule has 0 aromatic rings. The van der Waals surface area contributed by atoms with Crippen molar-refractivity contribution in [2.75, 3.05) is 32.8 Å². The van der Waals surface area contributed by atoms with E-state index < -0.39 is 6.04 Å². The predicted molar refractivity (Wildman–Crippen MR) is 88.6 cm³/mol. The van der Waals surface area contributed by atoms with E-state index in [0.717, 1.165) is 45.7 Å². The number of nitrogens with two attached hydrogens (primary N) is 1. The Morgan fingerprint density at radius 1 is 1.23 bits per heavy atom. The van der Waals surface area contributed by atoms with Crippen LogP contribution in [0.1, 0.15) is 52.9 Å². The molecule has 0 radical (unpaired) electrons. The molecule has 1 saturated carbocycles. The molecule has 5 nitrogen and oxygen atoms in total. The lowest BCUT2D eigenvalue weighted by Gasteiger charge is -2.48. The summed E-state index contributed by atoms with van der Waals surface area (Å²) >= 11 is 0. The van der Waals surface area contributed by atoms with E-state index in [4.69, 9.17) is 10.5 Å². The molecule has 0 aromatic heterocycles. The highest BCUT2D eigenvalue weighted by atomic mass is 16.5. The molecule has 22 heavy (non-hydrogen) atoms. The largest absolute Gasteiger partial charge is 0.379 e.